The molecule has 0 atom stereocenters. The number of carbonyl (C=O) groups excluding carboxylic acids is 1. The van der Waals surface area contributed by atoms with E-state index in [1.165, 1.54) is 11.3 Å². The normalized spacial score (nSPS) is 12.2. The van der Waals surface area contributed by atoms with E-state index in [2.05, 4.69) is 57.2 Å². The van der Waals surface area contributed by atoms with Gasteiger partial charge in [-0.2, -0.15) is 0 Å². The largest absolute Gasteiger partial charge is 0.444 e. The predicted octanol–water partition coefficient (Wildman–Crippen LogP) is 5.17. The Balaban J connectivity index is 1.57. The molecule has 1 amide bonds. The average Bonchev–Trinajstić information content (AvgIpc) is 3.28. The van der Waals surface area contributed by atoms with Gasteiger partial charge in [0.25, 0.3) is 5.91 Å². The molecule has 1 aromatic carbocycles. The van der Waals surface area contributed by atoms with E-state index in [9.17, 15) is 4.79 Å². The minimum absolute atomic E-state index is 0.0536. The molecule has 0 unspecified atom stereocenters. The third kappa shape index (κ3) is 5.68. The number of aromatic nitrogens is 2. The van der Waals surface area contributed by atoms with Gasteiger partial charge in [0.15, 0.2) is 5.13 Å². The van der Waals surface area contributed by atoms with E-state index in [1.54, 1.807) is 24.2 Å². The summed E-state index contributed by atoms with van der Waals surface area (Å²) in [4.78, 5) is 21.1. The molecule has 0 saturated carbocycles. The average molecular weight is 432 g/mol. The van der Waals surface area contributed by atoms with Crippen molar-refractivity contribution < 1.29 is 9.21 Å². The van der Waals surface area contributed by atoms with Gasteiger partial charge in [-0.1, -0.05) is 32.1 Å². The molecule has 0 saturated heterocycles. The van der Waals surface area contributed by atoms with E-state index >= 15 is 0 Å². The summed E-state index contributed by atoms with van der Waals surface area (Å²) in [6, 6.07) is 7.63. The fourth-order valence-corrected chi connectivity index (χ4v) is 4.19. The van der Waals surface area contributed by atoms with Crippen LogP contribution in [-0.2, 0) is 11.2 Å². The Morgan fingerprint density at radius 1 is 1.14 bits per heavy atom. The number of nitrogens with zero attached hydrogens (tertiary/aromatic N) is 3. The molecule has 154 valence electrons. The molecule has 29 heavy (non-hydrogen) atoms. The van der Waals surface area contributed by atoms with Crippen LogP contribution in [-0.4, -0.2) is 37.0 Å². The number of hydrogen-bond donors (Lipinski definition) is 1. The zero-order chi connectivity index (χ0) is 21.2. The van der Waals surface area contributed by atoms with Crippen LogP contribution in [0.5, 0.6) is 0 Å². The molecule has 0 radical (unpaired) electrons. The first-order valence-electron chi connectivity index (χ1n) is 9.29. The predicted molar refractivity (Wildman–Crippen MR) is 121 cm³/mol. The van der Waals surface area contributed by atoms with Crippen molar-refractivity contribution in [3.05, 3.63) is 53.9 Å². The molecule has 8 heteroatoms. The van der Waals surface area contributed by atoms with E-state index in [-0.39, 0.29) is 11.3 Å². The van der Waals surface area contributed by atoms with Crippen molar-refractivity contribution in [2.24, 2.45) is 0 Å². The third-order valence-corrected chi connectivity index (χ3v) is 6.33. The van der Waals surface area contributed by atoms with E-state index in [0.717, 1.165) is 15.7 Å². The summed E-state index contributed by atoms with van der Waals surface area (Å²) in [5.74, 6) is 2.03. The molecule has 0 aliphatic rings. The van der Waals surface area contributed by atoms with Gasteiger partial charge in [0.05, 0.1) is 43.5 Å². The minimum Gasteiger partial charge on any atom is -0.444 e. The maximum Gasteiger partial charge on any atom is 0.257 e. The number of carbonyl (C=O) groups is 1. The van der Waals surface area contributed by atoms with Crippen LogP contribution in [0.15, 0.2) is 45.3 Å². The van der Waals surface area contributed by atoms with Crippen molar-refractivity contribution >= 4 is 39.8 Å². The molecule has 3 aromatic rings. The van der Waals surface area contributed by atoms with E-state index in [1.807, 2.05) is 24.3 Å². The standard InChI is InChI=1S/C21H26N4O2S2/c1-21(2,3)16-11-22-17(27-16)13-28-18-12-23-20(29-18)24-19(26)14-7-9-15(10-8-14)25(4,5)6/h7-12H,13H2,1-6H3/p+1. The van der Waals surface area contributed by atoms with E-state index in [0.29, 0.717) is 26.8 Å². The fraction of sp³-hybridized carbons (Fsp3) is 0.381. The first-order chi connectivity index (χ1) is 13.5. The summed E-state index contributed by atoms with van der Waals surface area (Å²) >= 11 is 3.03. The van der Waals surface area contributed by atoms with Crippen LogP contribution in [0.25, 0.3) is 0 Å². The second-order valence-electron chi connectivity index (χ2n) is 8.65. The van der Waals surface area contributed by atoms with Crippen LogP contribution in [0, 0.1) is 0 Å². The van der Waals surface area contributed by atoms with Crippen molar-refractivity contribution in [1.82, 2.24) is 14.5 Å². The van der Waals surface area contributed by atoms with Crippen molar-refractivity contribution in [3.8, 4) is 0 Å². The number of oxazole rings is 1. The van der Waals surface area contributed by atoms with Crippen molar-refractivity contribution in [1.29, 1.82) is 0 Å². The zero-order valence-electron chi connectivity index (χ0n) is 17.6. The summed E-state index contributed by atoms with van der Waals surface area (Å²) in [6.45, 7) is 6.29. The van der Waals surface area contributed by atoms with Crippen LogP contribution >= 0.6 is 23.1 Å². The Morgan fingerprint density at radius 3 is 2.41 bits per heavy atom. The molecular formula is C21H27N4O2S2+. The lowest BCUT2D eigenvalue weighted by Crippen LogP contribution is -2.34. The number of nitrogens with one attached hydrogen (secondary N) is 1. The summed E-state index contributed by atoms with van der Waals surface area (Å²) < 4.78 is 7.52. The van der Waals surface area contributed by atoms with Gasteiger partial charge in [-0.3, -0.25) is 14.6 Å². The molecule has 0 spiro atoms. The second kappa shape index (κ2) is 8.30. The Labute approximate surface area is 180 Å². The van der Waals surface area contributed by atoms with Crippen LogP contribution in [0.4, 0.5) is 10.8 Å². The molecule has 0 bridgehead atoms. The molecule has 2 heterocycles. The van der Waals surface area contributed by atoms with Crippen molar-refractivity contribution in [3.63, 3.8) is 0 Å². The zero-order valence-corrected chi connectivity index (χ0v) is 19.3. The first kappa shape index (κ1) is 21.5. The highest BCUT2D eigenvalue weighted by Crippen LogP contribution is 2.32. The lowest BCUT2D eigenvalue weighted by molar-refractivity contribution is 0.102. The Hall–Kier alpha value is -2.16. The van der Waals surface area contributed by atoms with Crippen molar-refractivity contribution in [2.45, 2.75) is 36.1 Å². The number of quaternary nitrogens is 1. The van der Waals surface area contributed by atoms with Crippen LogP contribution < -0.4 is 9.80 Å². The van der Waals surface area contributed by atoms with Crippen LogP contribution in [0.3, 0.4) is 0 Å². The Kier molecular flexibility index (Phi) is 6.16. The molecule has 0 aliphatic heterocycles. The van der Waals surface area contributed by atoms with Gasteiger partial charge in [0, 0.05) is 11.0 Å². The molecule has 1 N–H and O–H groups in total. The smallest absolute Gasteiger partial charge is 0.257 e. The van der Waals surface area contributed by atoms with Gasteiger partial charge >= 0.3 is 0 Å². The number of anilines is 1. The van der Waals surface area contributed by atoms with Gasteiger partial charge in [-0.25, -0.2) is 9.97 Å². The monoisotopic (exact) mass is 431 g/mol. The van der Waals surface area contributed by atoms with E-state index in [4.69, 9.17) is 4.42 Å². The van der Waals surface area contributed by atoms with Gasteiger partial charge in [0.2, 0.25) is 5.89 Å². The molecular weight excluding hydrogens is 404 g/mol. The molecule has 3 rings (SSSR count). The number of rotatable bonds is 6. The Morgan fingerprint density at radius 2 is 1.83 bits per heavy atom. The summed E-state index contributed by atoms with van der Waals surface area (Å²) in [5.41, 5.74) is 1.69. The molecule has 2 aromatic heterocycles. The highest BCUT2D eigenvalue weighted by molar-refractivity contribution is 8.00. The molecule has 0 fully saturated rings. The maximum absolute atomic E-state index is 12.5. The van der Waals surface area contributed by atoms with Gasteiger partial charge < -0.3 is 4.42 Å². The molecule has 0 aliphatic carbocycles. The quantitative estimate of drug-likeness (QED) is 0.431. The molecule has 6 nitrogen and oxygen atoms in total. The van der Waals surface area contributed by atoms with Gasteiger partial charge in [-0.15, -0.1) is 11.8 Å². The van der Waals surface area contributed by atoms with E-state index < -0.39 is 0 Å². The second-order valence-corrected chi connectivity index (χ2v) is 11.0. The number of thioether (sulfide) groups is 1. The summed E-state index contributed by atoms with van der Waals surface area (Å²) in [6.07, 6.45) is 3.55. The summed E-state index contributed by atoms with van der Waals surface area (Å²) in [7, 11) is 6.27. The fourth-order valence-electron chi connectivity index (χ4n) is 2.47. The van der Waals surface area contributed by atoms with Crippen molar-refractivity contribution in [2.75, 3.05) is 26.5 Å². The highest BCUT2D eigenvalue weighted by atomic mass is 32.2. The number of benzene rings is 1. The number of thiazole rings is 1. The minimum atomic E-state index is -0.161. The lowest BCUT2D eigenvalue weighted by Gasteiger charge is -2.23. The highest BCUT2D eigenvalue weighted by Gasteiger charge is 2.19. The van der Waals surface area contributed by atoms with Crippen LogP contribution in [0.2, 0.25) is 0 Å². The number of hydrogen-bond acceptors (Lipinski definition) is 6. The lowest BCUT2D eigenvalue weighted by atomic mass is 9.94. The van der Waals surface area contributed by atoms with Gasteiger partial charge in [-0.05, 0) is 24.3 Å². The van der Waals surface area contributed by atoms with Crippen LogP contribution in [0.1, 0.15) is 42.8 Å². The maximum atomic E-state index is 12.5. The number of amides is 1. The summed E-state index contributed by atoms with van der Waals surface area (Å²) in [5, 5.41) is 3.45. The Bertz CT molecular complexity index is 979. The van der Waals surface area contributed by atoms with Gasteiger partial charge in [0.1, 0.15) is 11.4 Å². The third-order valence-electron chi connectivity index (χ3n) is 4.24. The topological polar surface area (TPSA) is 68.0 Å². The SMILES string of the molecule is CC(C)(C)c1cnc(CSc2cnc(NC(=O)c3ccc([N+](C)(C)C)cc3)s2)o1. The first-order valence-corrected chi connectivity index (χ1v) is 11.1.